The minimum atomic E-state index is -0.294. The van der Waals surface area contributed by atoms with E-state index in [0.29, 0.717) is 11.7 Å². The number of anilines is 3. The maximum Gasteiger partial charge on any atom is 0.274 e. The third-order valence-electron chi connectivity index (χ3n) is 3.66. The molecule has 1 amide bonds. The van der Waals surface area contributed by atoms with Gasteiger partial charge in [-0.25, -0.2) is 9.97 Å². The van der Waals surface area contributed by atoms with Gasteiger partial charge in [-0.15, -0.1) is 0 Å². The molecule has 0 radical (unpaired) electrons. The van der Waals surface area contributed by atoms with Gasteiger partial charge in [0, 0.05) is 11.9 Å². The molecule has 3 aromatic rings. The van der Waals surface area contributed by atoms with Crippen molar-refractivity contribution in [2.45, 2.75) is 26.9 Å². The number of amides is 1. The van der Waals surface area contributed by atoms with Crippen molar-refractivity contribution in [2.75, 3.05) is 10.6 Å². The average molecular weight is 362 g/mol. The maximum absolute atomic E-state index is 12.5. The third kappa shape index (κ3) is 5.04. The number of ether oxygens (including phenoxy) is 1. The molecule has 6 nitrogen and oxygen atoms in total. The van der Waals surface area contributed by atoms with Gasteiger partial charge in [-0.2, -0.15) is 0 Å². The Hall–Kier alpha value is -3.41. The number of aryl methyl sites for hydroxylation is 1. The van der Waals surface area contributed by atoms with Gasteiger partial charge >= 0.3 is 0 Å². The lowest BCUT2D eigenvalue weighted by Crippen LogP contribution is -2.15. The molecule has 0 atom stereocenters. The van der Waals surface area contributed by atoms with Gasteiger partial charge in [0.1, 0.15) is 11.4 Å². The Labute approximate surface area is 158 Å². The average Bonchev–Trinajstić information content (AvgIpc) is 2.63. The van der Waals surface area contributed by atoms with E-state index in [1.807, 2.05) is 69.3 Å². The molecule has 3 rings (SSSR count). The first-order valence-electron chi connectivity index (χ1n) is 8.75. The highest BCUT2D eigenvalue weighted by Gasteiger charge is 2.11. The molecule has 138 valence electrons. The van der Waals surface area contributed by atoms with Gasteiger partial charge in [-0.3, -0.25) is 4.79 Å². The quantitative estimate of drug-likeness (QED) is 0.672. The predicted octanol–water partition coefficient (Wildman–Crippen LogP) is 4.57. The molecular weight excluding hydrogens is 340 g/mol. The van der Waals surface area contributed by atoms with Crippen molar-refractivity contribution < 1.29 is 9.53 Å². The molecular formula is C21H22N4O2. The van der Waals surface area contributed by atoms with Crippen LogP contribution in [0.1, 0.15) is 29.9 Å². The Morgan fingerprint density at radius 3 is 2.67 bits per heavy atom. The number of para-hydroxylation sites is 2. The highest BCUT2D eigenvalue weighted by atomic mass is 16.5. The number of hydrogen-bond donors (Lipinski definition) is 2. The summed E-state index contributed by atoms with van der Waals surface area (Å²) in [7, 11) is 0. The smallest absolute Gasteiger partial charge is 0.274 e. The van der Waals surface area contributed by atoms with Crippen molar-refractivity contribution in [3.05, 3.63) is 72.1 Å². The summed E-state index contributed by atoms with van der Waals surface area (Å²) in [6.45, 7) is 5.89. The molecule has 2 aromatic carbocycles. The van der Waals surface area contributed by atoms with Crippen LogP contribution < -0.4 is 15.4 Å². The second kappa shape index (κ2) is 8.31. The Morgan fingerprint density at radius 1 is 1.07 bits per heavy atom. The van der Waals surface area contributed by atoms with E-state index < -0.39 is 0 Å². The molecule has 0 aliphatic carbocycles. The van der Waals surface area contributed by atoms with Crippen molar-refractivity contribution in [3.63, 3.8) is 0 Å². The molecule has 0 bridgehead atoms. The SMILES string of the molecule is Cc1cccc(NC(=O)c2ccnc(Nc3ccccc3OC(C)C)n2)c1. The first-order chi connectivity index (χ1) is 13.0. The lowest BCUT2D eigenvalue weighted by atomic mass is 10.2. The molecule has 0 unspecified atom stereocenters. The Balaban J connectivity index is 1.77. The summed E-state index contributed by atoms with van der Waals surface area (Å²) in [5.41, 5.74) is 2.81. The summed E-state index contributed by atoms with van der Waals surface area (Å²) in [5.74, 6) is 0.732. The summed E-state index contributed by atoms with van der Waals surface area (Å²) in [6.07, 6.45) is 1.59. The van der Waals surface area contributed by atoms with Crippen molar-refractivity contribution in [3.8, 4) is 5.75 Å². The second-order valence-electron chi connectivity index (χ2n) is 6.38. The number of hydrogen-bond acceptors (Lipinski definition) is 5. The summed E-state index contributed by atoms with van der Waals surface area (Å²) in [5, 5.41) is 5.96. The molecule has 0 saturated carbocycles. The third-order valence-corrected chi connectivity index (χ3v) is 3.66. The highest BCUT2D eigenvalue weighted by Crippen LogP contribution is 2.27. The zero-order chi connectivity index (χ0) is 19.2. The number of carbonyl (C=O) groups excluding carboxylic acids is 1. The number of carbonyl (C=O) groups is 1. The summed E-state index contributed by atoms with van der Waals surface area (Å²) < 4.78 is 5.79. The number of aromatic nitrogens is 2. The van der Waals surface area contributed by atoms with Crippen LogP contribution in [-0.4, -0.2) is 22.0 Å². The Bertz CT molecular complexity index is 941. The van der Waals surface area contributed by atoms with E-state index in [1.165, 1.54) is 0 Å². The minimum Gasteiger partial charge on any atom is -0.489 e. The van der Waals surface area contributed by atoms with E-state index in [9.17, 15) is 4.79 Å². The van der Waals surface area contributed by atoms with E-state index in [4.69, 9.17) is 4.74 Å². The van der Waals surface area contributed by atoms with E-state index in [1.54, 1.807) is 12.3 Å². The van der Waals surface area contributed by atoms with Crippen molar-refractivity contribution in [1.29, 1.82) is 0 Å². The monoisotopic (exact) mass is 362 g/mol. The number of nitrogens with one attached hydrogen (secondary N) is 2. The van der Waals surface area contributed by atoms with Gasteiger partial charge in [0.05, 0.1) is 11.8 Å². The first-order valence-corrected chi connectivity index (χ1v) is 8.75. The molecule has 2 N–H and O–H groups in total. The molecule has 0 fully saturated rings. The predicted molar refractivity (Wildman–Crippen MR) is 107 cm³/mol. The van der Waals surface area contributed by atoms with Crippen LogP contribution >= 0.6 is 0 Å². The van der Waals surface area contributed by atoms with Crippen molar-refractivity contribution in [1.82, 2.24) is 9.97 Å². The van der Waals surface area contributed by atoms with Crippen LogP contribution in [0, 0.1) is 6.92 Å². The molecule has 1 aromatic heterocycles. The zero-order valence-electron chi connectivity index (χ0n) is 15.6. The molecule has 0 saturated heterocycles. The first kappa shape index (κ1) is 18.4. The lowest BCUT2D eigenvalue weighted by molar-refractivity contribution is 0.102. The van der Waals surface area contributed by atoms with Crippen LogP contribution in [0.4, 0.5) is 17.3 Å². The van der Waals surface area contributed by atoms with E-state index in [0.717, 1.165) is 16.9 Å². The molecule has 1 heterocycles. The van der Waals surface area contributed by atoms with Gasteiger partial charge in [-0.1, -0.05) is 24.3 Å². The maximum atomic E-state index is 12.5. The molecule has 6 heteroatoms. The van der Waals surface area contributed by atoms with Crippen LogP contribution in [0.2, 0.25) is 0 Å². The van der Waals surface area contributed by atoms with Gasteiger partial charge in [-0.05, 0) is 56.7 Å². The number of nitrogens with zero attached hydrogens (tertiary/aromatic N) is 2. The lowest BCUT2D eigenvalue weighted by Gasteiger charge is -2.14. The van der Waals surface area contributed by atoms with Crippen molar-refractivity contribution in [2.24, 2.45) is 0 Å². The fourth-order valence-electron chi connectivity index (χ4n) is 2.51. The minimum absolute atomic E-state index is 0.0420. The van der Waals surface area contributed by atoms with Gasteiger partial charge in [0.15, 0.2) is 0 Å². The summed E-state index contributed by atoms with van der Waals surface area (Å²) in [6, 6.07) is 16.7. The topological polar surface area (TPSA) is 76.1 Å². The standard InChI is InChI=1S/C21H22N4O2/c1-14(2)27-19-10-5-4-9-17(19)24-21-22-12-11-18(25-21)20(26)23-16-8-6-7-15(3)13-16/h4-14H,1-3H3,(H,23,26)(H,22,24,25). The Kier molecular flexibility index (Phi) is 5.66. The van der Waals surface area contributed by atoms with Crippen LogP contribution in [0.3, 0.4) is 0 Å². The van der Waals surface area contributed by atoms with E-state index >= 15 is 0 Å². The molecule has 27 heavy (non-hydrogen) atoms. The Morgan fingerprint density at radius 2 is 1.89 bits per heavy atom. The molecule has 0 spiro atoms. The highest BCUT2D eigenvalue weighted by molar-refractivity contribution is 6.03. The summed E-state index contributed by atoms with van der Waals surface area (Å²) >= 11 is 0. The second-order valence-corrected chi connectivity index (χ2v) is 6.38. The molecule has 0 aliphatic rings. The normalized spacial score (nSPS) is 10.5. The van der Waals surface area contributed by atoms with Gasteiger partial charge in [0.25, 0.3) is 5.91 Å². The van der Waals surface area contributed by atoms with Crippen LogP contribution in [0.5, 0.6) is 5.75 Å². The fraction of sp³-hybridized carbons (Fsp3) is 0.190. The number of benzene rings is 2. The van der Waals surface area contributed by atoms with E-state index in [2.05, 4.69) is 20.6 Å². The van der Waals surface area contributed by atoms with E-state index in [-0.39, 0.29) is 17.7 Å². The summed E-state index contributed by atoms with van der Waals surface area (Å²) in [4.78, 5) is 21.0. The van der Waals surface area contributed by atoms with Crippen LogP contribution in [0.25, 0.3) is 0 Å². The number of rotatable bonds is 6. The largest absolute Gasteiger partial charge is 0.489 e. The zero-order valence-corrected chi connectivity index (χ0v) is 15.6. The fourth-order valence-corrected chi connectivity index (χ4v) is 2.51. The van der Waals surface area contributed by atoms with Gasteiger partial charge in [0.2, 0.25) is 5.95 Å². The van der Waals surface area contributed by atoms with Crippen LogP contribution in [-0.2, 0) is 0 Å². The molecule has 0 aliphatic heterocycles. The van der Waals surface area contributed by atoms with Crippen molar-refractivity contribution >= 4 is 23.2 Å². The van der Waals surface area contributed by atoms with Gasteiger partial charge < -0.3 is 15.4 Å². The van der Waals surface area contributed by atoms with Crippen LogP contribution in [0.15, 0.2) is 60.8 Å².